The van der Waals surface area contributed by atoms with Crippen molar-refractivity contribution in [2.75, 3.05) is 39.4 Å². The molecule has 8 nitrogen and oxygen atoms in total. The first-order chi connectivity index (χ1) is 12.8. The van der Waals surface area contributed by atoms with E-state index in [0.717, 1.165) is 5.56 Å². The monoisotopic (exact) mass is 395 g/mol. The van der Waals surface area contributed by atoms with Crippen molar-refractivity contribution in [3.05, 3.63) is 29.3 Å². The van der Waals surface area contributed by atoms with Gasteiger partial charge in [-0.15, -0.1) is 0 Å². The fraction of sp³-hybridized carbons (Fsp3) is 0.556. The minimum atomic E-state index is -3.73. The number of sulfonamides is 1. The summed E-state index contributed by atoms with van der Waals surface area (Å²) in [6.45, 7) is 4.25. The first kappa shape index (κ1) is 19.8. The number of ether oxygens (including phenoxy) is 1. The van der Waals surface area contributed by atoms with Crippen LogP contribution in [0, 0.1) is 12.8 Å². The van der Waals surface area contributed by atoms with E-state index < -0.39 is 10.0 Å². The first-order valence-electron chi connectivity index (χ1n) is 9.08. The summed E-state index contributed by atoms with van der Waals surface area (Å²) in [6.07, 6.45) is 0.833. The Labute approximate surface area is 159 Å². The minimum absolute atomic E-state index is 0.0993. The largest absolute Gasteiger partial charge is 0.378 e. The molecule has 2 saturated heterocycles. The summed E-state index contributed by atoms with van der Waals surface area (Å²) >= 11 is 0. The van der Waals surface area contributed by atoms with Gasteiger partial charge in [0.05, 0.1) is 18.1 Å². The minimum Gasteiger partial charge on any atom is -0.378 e. The van der Waals surface area contributed by atoms with Gasteiger partial charge in [0.1, 0.15) is 0 Å². The molecule has 0 aliphatic carbocycles. The SMILES string of the molecule is Cc1ccc(S(=O)(=O)N2CCC(C(N)=O)CC2)cc1C(=O)N1CCOCC1. The maximum Gasteiger partial charge on any atom is 0.254 e. The second kappa shape index (κ2) is 7.95. The number of nitrogens with zero attached hydrogens (tertiary/aromatic N) is 2. The van der Waals surface area contributed by atoms with Crippen molar-refractivity contribution in [1.29, 1.82) is 0 Å². The van der Waals surface area contributed by atoms with Crippen LogP contribution < -0.4 is 5.73 Å². The number of primary amides is 1. The van der Waals surface area contributed by atoms with Crippen LogP contribution >= 0.6 is 0 Å². The van der Waals surface area contributed by atoms with E-state index in [2.05, 4.69) is 0 Å². The zero-order valence-corrected chi connectivity index (χ0v) is 16.2. The average molecular weight is 395 g/mol. The molecule has 1 aromatic rings. The highest BCUT2D eigenvalue weighted by Crippen LogP contribution is 2.25. The highest BCUT2D eigenvalue weighted by atomic mass is 32.2. The number of nitrogens with two attached hydrogens (primary N) is 1. The summed E-state index contributed by atoms with van der Waals surface area (Å²) in [5.41, 5.74) is 6.44. The third-order valence-corrected chi connectivity index (χ3v) is 7.13. The van der Waals surface area contributed by atoms with Crippen LogP contribution in [-0.4, -0.2) is 68.8 Å². The molecule has 27 heavy (non-hydrogen) atoms. The number of piperidine rings is 1. The number of morpholine rings is 1. The van der Waals surface area contributed by atoms with E-state index in [1.807, 2.05) is 0 Å². The van der Waals surface area contributed by atoms with Crippen molar-refractivity contribution in [1.82, 2.24) is 9.21 Å². The zero-order valence-electron chi connectivity index (χ0n) is 15.4. The summed E-state index contributed by atoms with van der Waals surface area (Å²) < 4.78 is 32.6. The standard InChI is InChI=1S/C18H25N3O5S/c1-13-2-3-15(12-16(13)18(23)20-8-10-26-11-9-20)27(24,25)21-6-4-14(5-7-21)17(19)22/h2-3,12,14H,4-11H2,1H3,(H2,19,22). The third-order valence-electron chi connectivity index (χ3n) is 5.23. The van der Waals surface area contributed by atoms with Gasteiger partial charge in [0.15, 0.2) is 0 Å². The van der Waals surface area contributed by atoms with Gasteiger partial charge in [0, 0.05) is 37.7 Å². The van der Waals surface area contributed by atoms with E-state index in [1.54, 1.807) is 17.9 Å². The Kier molecular flexibility index (Phi) is 5.83. The van der Waals surface area contributed by atoms with Gasteiger partial charge >= 0.3 is 0 Å². The maximum atomic E-state index is 13.0. The molecule has 0 bridgehead atoms. The molecule has 2 aliphatic heterocycles. The summed E-state index contributed by atoms with van der Waals surface area (Å²) in [4.78, 5) is 25.9. The first-order valence-corrected chi connectivity index (χ1v) is 10.5. The normalized spacial score (nSPS) is 19.8. The topological polar surface area (TPSA) is 110 Å². The van der Waals surface area contributed by atoms with Crippen LogP contribution in [0.15, 0.2) is 23.1 Å². The summed E-state index contributed by atoms with van der Waals surface area (Å²) in [6, 6.07) is 4.65. The fourth-order valence-electron chi connectivity index (χ4n) is 3.46. The Morgan fingerprint density at radius 1 is 1.11 bits per heavy atom. The van der Waals surface area contributed by atoms with Crippen molar-refractivity contribution >= 4 is 21.8 Å². The molecule has 2 N–H and O–H groups in total. The number of carbonyl (C=O) groups excluding carboxylic acids is 2. The molecule has 9 heteroatoms. The highest BCUT2D eigenvalue weighted by molar-refractivity contribution is 7.89. The van der Waals surface area contributed by atoms with Gasteiger partial charge in [0.2, 0.25) is 15.9 Å². The van der Waals surface area contributed by atoms with E-state index in [9.17, 15) is 18.0 Å². The summed E-state index contributed by atoms with van der Waals surface area (Å²) in [5.74, 6) is -0.853. The van der Waals surface area contributed by atoms with Crippen molar-refractivity contribution < 1.29 is 22.7 Å². The Morgan fingerprint density at radius 2 is 1.74 bits per heavy atom. The molecular formula is C18H25N3O5S. The summed E-state index contributed by atoms with van der Waals surface area (Å²) in [7, 11) is -3.73. The van der Waals surface area contributed by atoms with Crippen molar-refractivity contribution in [2.24, 2.45) is 11.7 Å². The predicted octanol–water partition coefficient (Wildman–Crippen LogP) is 0.353. The van der Waals surface area contributed by atoms with Crippen LogP contribution in [0.4, 0.5) is 0 Å². The number of aryl methyl sites for hydroxylation is 1. The molecule has 2 aliphatic rings. The number of amides is 2. The molecule has 0 saturated carbocycles. The number of carbonyl (C=O) groups is 2. The lowest BCUT2D eigenvalue weighted by atomic mass is 9.98. The Morgan fingerprint density at radius 3 is 2.33 bits per heavy atom. The molecular weight excluding hydrogens is 370 g/mol. The molecule has 0 atom stereocenters. The average Bonchev–Trinajstić information content (AvgIpc) is 2.68. The lowest BCUT2D eigenvalue weighted by Gasteiger charge is -2.30. The van der Waals surface area contributed by atoms with E-state index in [-0.39, 0.29) is 35.7 Å². The maximum absolute atomic E-state index is 13.0. The third kappa shape index (κ3) is 4.15. The number of hydrogen-bond acceptors (Lipinski definition) is 5. The van der Waals surface area contributed by atoms with Crippen LogP contribution in [0.2, 0.25) is 0 Å². The van der Waals surface area contributed by atoms with Gasteiger partial charge in [-0.3, -0.25) is 9.59 Å². The highest BCUT2D eigenvalue weighted by Gasteiger charge is 2.32. The molecule has 3 rings (SSSR count). The van der Waals surface area contributed by atoms with Crippen LogP contribution in [-0.2, 0) is 19.6 Å². The molecule has 2 fully saturated rings. The Balaban J connectivity index is 1.82. The van der Waals surface area contributed by atoms with Gasteiger partial charge in [-0.1, -0.05) is 6.07 Å². The van der Waals surface area contributed by atoms with Crippen LogP contribution in [0.25, 0.3) is 0 Å². The zero-order chi connectivity index (χ0) is 19.6. The summed E-state index contributed by atoms with van der Waals surface area (Å²) in [5, 5.41) is 0. The molecule has 0 radical (unpaired) electrons. The van der Waals surface area contributed by atoms with Crippen molar-refractivity contribution in [3.8, 4) is 0 Å². The van der Waals surface area contributed by atoms with Gasteiger partial charge in [-0.25, -0.2) is 8.42 Å². The number of rotatable bonds is 4. The fourth-order valence-corrected chi connectivity index (χ4v) is 4.95. The molecule has 0 unspecified atom stereocenters. The lowest BCUT2D eigenvalue weighted by Crippen LogP contribution is -2.42. The van der Waals surface area contributed by atoms with Gasteiger partial charge in [0.25, 0.3) is 5.91 Å². The van der Waals surface area contributed by atoms with Crippen LogP contribution in [0.3, 0.4) is 0 Å². The Bertz CT molecular complexity index is 825. The van der Waals surface area contributed by atoms with E-state index in [1.165, 1.54) is 16.4 Å². The van der Waals surface area contributed by atoms with E-state index >= 15 is 0 Å². The number of hydrogen-bond donors (Lipinski definition) is 1. The van der Waals surface area contributed by atoms with Crippen molar-refractivity contribution in [2.45, 2.75) is 24.7 Å². The molecule has 0 aromatic heterocycles. The van der Waals surface area contributed by atoms with E-state index in [0.29, 0.717) is 44.7 Å². The second-order valence-corrected chi connectivity index (χ2v) is 8.90. The molecule has 148 valence electrons. The van der Waals surface area contributed by atoms with Gasteiger partial charge < -0.3 is 15.4 Å². The quantitative estimate of drug-likeness (QED) is 0.791. The van der Waals surface area contributed by atoms with Gasteiger partial charge in [-0.2, -0.15) is 4.31 Å². The second-order valence-electron chi connectivity index (χ2n) is 6.96. The van der Waals surface area contributed by atoms with Gasteiger partial charge in [-0.05, 0) is 37.5 Å². The van der Waals surface area contributed by atoms with E-state index in [4.69, 9.17) is 10.5 Å². The van der Waals surface area contributed by atoms with Crippen molar-refractivity contribution in [3.63, 3.8) is 0 Å². The smallest absolute Gasteiger partial charge is 0.254 e. The van der Waals surface area contributed by atoms with Crippen LogP contribution in [0.5, 0.6) is 0 Å². The predicted molar refractivity (Wildman–Crippen MR) is 98.6 cm³/mol. The molecule has 2 heterocycles. The number of benzene rings is 1. The Hall–Kier alpha value is -1.97. The molecule has 1 aromatic carbocycles. The molecule has 0 spiro atoms. The van der Waals surface area contributed by atoms with Crippen LogP contribution in [0.1, 0.15) is 28.8 Å². The lowest BCUT2D eigenvalue weighted by molar-refractivity contribution is -0.122. The molecule has 2 amide bonds.